The van der Waals surface area contributed by atoms with Gasteiger partial charge in [-0.15, -0.1) is 10.2 Å². The third-order valence-corrected chi connectivity index (χ3v) is 5.64. The first-order valence-corrected chi connectivity index (χ1v) is 10.6. The van der Waals surface area contributed by atoms with Gasteiger partial charge in [-0.05, 0) is 74.7 Å². The molecule has 0 bridgehead atoms. The van der Waals surface area contributed by atoms with Gasteiger partial charge in [-0.1, -0.05) is 29.4 Å². The molecule has 0 aliphatic rings. The number of Topliss-reactive ketones (excluding diaryl/α,β-unsaturated/α-hetero) is 1. The fourth-order valence-electron chi connectivity index (χ4n) is 2.83. The SMILES string of the molecule is Cc1cc(C)c(C(=O)C(C)OC(=O)CSc2nnc(-c3ccc(Cl)cc3)o2)cc1C. The first kappa shape index (κ1) is 22.1. The second kappa shape index (κ2) is 9.45. The molecule has 1 unspecified atom stereocenters. The lowest BCUT2D eigenvalue weighted by molar-refractivity contribution is -0.143. The standard InChI is InChI=1S/C22H21ClN2O4S/c1-12-9-14(3)18(10-13(12)2)20(27)15(4)28-19(26)11-30-22-25-24-21(29-22)16-5-7-17(23)8-6-16/h5-10,15H,11H2,1-4H3. The predicted octanol–water partition coefficient (Wildman–Crippen LogP) is 5.22. The van der Waals surface area contributed by atoms with Crippen molar-refractivity contribution in [2.24, 2.45) is 0 Å². The molecule has 2 aromatic carbocycles. The molecule has 1 aromatic heterocycles. The summed E-state index contributed by atoms with van der Waals surface area (Å²) >= 11 is 6.92. The van der Waals surface area contributed by atoms with Crippen LogP contribution in [-0.4, -0.2) is 33.8 Å². The predicted molar refractivity (Wildman–Crippen MR) is 116 cm³/mol. The van der Waals surface area contributed by atoms with Gasteiger partial charge < -0.3 is 9.15 Å². The molecule has 0 radical (unpaired) electrons. The molecule has 6 nitrogen and oxygen atoms in total. The molecule has 0 aliphatic carbocycles. The van der Waals surface area contributed by atoms with E-state index in [1.807, 2.05) is 32.9 Å². The van der Waals surface area contributed by atoms with Gasteiger partial charge in [0.25, 0.3) is 5.22 Å². The summed E-state index contributed by atoms with van der Waals surface area (Å²) in [5, 5.41) is 8.72. The molecule has 0 amide bonds. The summed E-state index contributed by atoms with van der Waals surface area (Å²) in [5.74, 6) is -0.479. The van der Waals surface area contributed by atoms with Crippen LogP contribution < -0.4 is 0 Å². The Morgan fingerprint density at radius 1 is 1.07 bits per heavy atom. The van der Waals surface area contributed by atoms with Crippen molar-refractivity contribution in [1.82, 2.24) is 10.2 Å². The summed E-state index contributed by atoms with van der Waals surface area (Å²) in [7, 11) is 0. The molecule has 0 spiro atoms. The molecular formula is C22H21ClN2O4S. The molecule has 3 aromatic rings. The third-order valence-electron chi connectivity index (χ3n) is 4.59. The number of aryl methyl sites for hydroxylation is 3. The number of ketones is 1. The number of carbonyl (C=O) groups excluding carboxylic acids is 2. The van der Waals surface area contributed by atoms with Crippen LogP contribution in [0.4, 0.5) is 0 Å². The van der Waals surface area contributed by atoms with Crippen molar-refractivity contribution in [2.45, 2.75) is 39.0 Å². The number of carbonyl (C=O) groups is 2. The number of rotatable bonds is 7. The van der Waals surface area contributed by atoms with E-state index < -0.39 is 12.1 Å². The highest BCUT2D eigenvalue weighted by Crippen LogP contribution is 2.24. The number of ether oxygens (including phenoxy) is 1. The van der Waals surface area contributed by atoms with E-state index in [-0.39, 0.29) is 16.8 Å². The number of halogens is 1. The van der Waals surface area contributed by atoms with Crippen molar-refractivity contribution >= 4 is 35.1 Å². The largest absolute Gasteiger partial charge is 0.454 e. The van der Waals surface area contributed by atoms with E-state index in [4.69, 9.17) is 20.8 Å². The Kier molecular flexibility index (Phi) is 6.95. The fraction of sp³-hybridized carbons (Fsp3) is 0.273. The topological polar surface area (TPSA) is 82.3 Å². The van der Waals surface area contributed by atoms with Gasteiger partial charge in [0, 0.05) is 16.1 Å². The number of aromatic nitrogens is 2. The van der Waals surface area contributed by atoms with Crippen LogP contribution in [0.25, 0.3) is 11.5 Å². The second-order valence-corrected chi connectivity index (χ2v) is 8.28. The second-order valence-electron chi connectivity index (χ2n) is 6.92. The van der Waals surface area contributed by atoms with Gasteiger partial charge in [0.15, 0.2) is 6.10 Å². The summed E-state index contributed by atoms with van der Waals surface area (Å²) in [5.41, 5.74) is 4.29. The van der Waals surface area contributed by atoms with Gasteiger partial charge in [-0.2, -0.15) is 0 Å². The van der Waals surface area contributed by atoms with Crippen LogP contribution in [0.3, 0.4) is 0 Å². The number of hydrogen-bond donors (Lipinski definition) is 0. The molecule has 3 rings (SSSR count). The van der Waals surface area contributed by atoms with Crippen molar-refractivity contribution in [2.75, 3.05) is 5.75 Å². The molecule has 0 saturated carbocycles. The Bertz CT molecular complexity index is 1080. The first-order chi connectivity index (χ1) is 14.2. The Morgan fingerprint density at radius 3 is 2.43 bits per heavy atom. The maximum atomic E-state index is 12.7. The zero-order valence-corrected chi connectivity index (χ0v) is 18.6. The van der Waals surface area contributed by atoms with E-state index in [2.05, 4.69) is 10.2 Å². The molecule has 0 fully saturated rings. The van der Waals surface area contributed by atoms with Gasteiger partial charge in [-0.25, -0.2) is 0 Å². The summed E-state index contributed by atoms with van der Waals surface area (Å²) < 4.78 is 10.8. The van der Waals surface area contributed by atoms with Gasteiger partial charge in [-0.3, -0.25) is 9.59 Å². The average molecular weight is 445 g/mol. The Hall–Kier alpha value is -2.64. The average Bonchev–Trinajstić information content (AvgIpc) is 3.18. The highest BCUT2D eigenvalue weighted by molar-refractivity contribution is 7.99. The van der Waals surface area contributed by atoms with Crippen molar-refractivity contribution in [3.8, 4) is 11.5 Å². The molecule has 8 heteroatoms. The molecular weight excluding hydrogens is 424 g/mol. The molecule has 0 aliphatic heterocycles. The molecule has 156 valence electrons. The van der Waals surface area contributed by atoms with Gasteiger partial charge in [0.05, 0.1) is 0 Å². The molecule has 30 heavy (non-hydrogen) atoms. The number of esters is 1. The quantitative estimate of drug-likeness (QED) is 0.280. The Morgan fingerprint density at radius 2 is 1.73 bits per heavy atom. The zero-order chi connectivity index (χ0) is 21.8. The molecule has 0 saturated heterocycles. The van der Waals surface area contributed by atoms with E-state index in [1.165, 1.54) is 0 Å². The molecule has 1 atom stereocenters. The van der Waals surface area contributed by atoms with Crippen molar-refractivity contribution in [1.29, 1.82) is 0 Å². The van der Waals surface area contributed by atoms with Crippen LogP contribution >= 0.6 is 23.4 Å². The van der Waals surface area contributed by atoms with Gasteiger partial charge >= 0.3 is 5.97 Å². The van der Waals surface area contributed by atoms with Crippen molar-refractivity contribution in [3.05, 3.63) is 63.7 Å². The van der Waals surface area contributed by atoms with Crippen LogP contribution in [0.1, 0.15) is 34.0 Å². The van der Waals surface area contributed by atoms with Gasteiger partial charge in [0.1, 0.15) is 5.75 Å². The van der Waals surface area contributed by atoms with Crippen LogP contribution in [0, 0.1) is 20.8 Å². The van der Waals surface area contributed by atoms with Crippen LogP contribution in [0.15, 0.2) is 46.0 Å². The number of benzene rings is 2. The smallest absolute Gasteiger partial charge is 0.317 e. The number of thioether (sulfide) groups is 1. The summed E-state index contributed by atoms with van der Waals surface area (Å²) in [6.07, 6.45) is -0.883. The molecule has 0 N–H and O–H groups in total. The monoisotopic (exact) mass is 444 g/mol. The van der Waals surface area contributed by atoms with E-state index >= 15 is 0 Å². The Labute approximate surface area is 184 Å². The highest BCUT2D eigenvalue weighted by Gasteiger charge is 2.22. The minimum Gasteiger partial charge on any atom is -0.454 e. The third kappa shape index (κ3) is 5.29. The van der Waals surface area contributed by atoms with E-state index in [9.17, 15) is 9.59 Å². The lowest BCUT2D eigenvalue weighted by atomic mass is 9.96. The van der Waals surface area contributed by atoms with Crippen LogP contribution in [0.5, 0.6) is 0 Å². The van der Waals surface area contributed by atoms with Crippen molar-refractivity contribution in [3.63, 3.8) is 0 Å². The summed E-state index contributed by atoms with van der Waals surface area (Å²) in [6.45, 7) is 7.39. The highest BCUT2D eigenvalue weighted by atomic mass is 35.5. The first-order valence-electron chi connectivity index (χ1n) is 9.28. The Balaban J connectivity index is 1.56. The number of hydrogen-bond acceptors (Lipinski definition) is 7. The van der Waals surface area contributed by atoms with Crippen LogP contribution in [-0.2, 0) is 9.53 Å². The maximum absolute atomic E-state index is 12.7. The van der Waals surface area contributed by atoms with Crippen molar-refractivity contribution < 1.29 is 18.7 Å². The van der Waals surface area contributed by atoms with E-state index in [0.717, 1.165) is 34.0 Å². The van der Waals surface area contributed by atoms with Gasteiger partial charge in [0.2, 0.25) is 11.7 Å². The lowest BCUT2D eigenvalue weighted by Gasteiger charge is -2.15. The summed E-state index contributed by atoms with van der Waals surface area (Å²) in [4.78, 5) is 24.9. The maximum Gasteiger partial charge on any atom is 0.317 e. The van der Waals surface area contributed by atoms with E-state index in [1.54, 1.807) is 31.2 Å². The minimum atomic E-state index is -0.883. The zero-order valence-electron chi connectivity index (χ0n) is 17.1. The minimum absolute atomic E-state index is 0.0498. The van der Waals surface area contributed by atoms with E-state index in [0.29, 0.717) is 16.5 Å². The summed E-state index contributed by atoms with van der Waals surface area (Å²) in [6, 6.07) is 10.8. The number of nitrogens with zero attached hydrogens (tertiary/aromatic N) is 2. The lowest BCUT2D eigenvalue weighted by Crippen LogP contribution is -2.26. The molecule has 1 heterocycles. The normalized spacial score (nSPS) is 11.9. The van der Waals surface area contributed by atoms with Crippen LogP contribution in [0.2, 0.25) is 5.02 Å². The fourth-order valence-corrected chi connectivity index (χ4v) is 3.50.